The second kappa shape index (κ2) is 9.97. The number of aromatic nitrogens is 1. The van der Waals surface area contributed by atoms with E-state index in [0.717, 1.165) is 32.0 Å². The molecule has 2 heterocycles. The van der Waals surface area contributed by atoms with E-state index in [9.17, 15) is 9.59 Å². The van der Waals surface area contributed by atoms with Gasteiger partial charge in [-0.25, -0.2) is 4.98 Å². The first-order valence-electron chi connectivity index (χ1n) is 9.97. The van der Waals surface area contributed by atoms with Gasteiger partial charge < -0.3 is 10.1 Å². The van der Waals surface area contributed by atoms with Crippen molar-refractivity contribution in [2.45, 2.75) is 26.3 Å². The van der Waals surface area contributed by atoms with Gasteiger partial charge in [-0.1, -0.05) is 18.2 Å². The molecule has 2 aromatic rings. The van der Waals surface area contributed by atoms with Crippen molar-refractivity contribution in [1.82, 2.24) is 15.2 Å². The average molecular weight is 429 g/mol. The lowest BCUT2D eigenvalue weighted by Gasteiger charge is -2.40. The van der Waals surface area contributed by atoms with Crippen LogP contribution in [0.5, 0.6) is 0 Å². The lowest BCUT2D eigenvalue weighted by molar-refractivity contribution is -0.117. The maximum absolute atomic E-state index is 12.3. The number of hydrogen-bond donors (Lipinski definition) is 1. The lowest BCUT2D eigenvalue weighted by Crippen LogP contribution is -2.55. The van der Waals surface area contributed by atoms with E-state index in [4.69, 9.17) is 4.74 Å². The van der Waals surface area contributed by atoms with Gasteiger partial charge in [0.1, 0.15) is 0 Å². The molecule has 7 nitrogen and oxygen atoms in total. The fraction of sp³-hybridized carbons (Fsp3) is 0.409. The lowest BCUT2D eigenvalue weighted by atomic mass is 10.0. The van der Waals surface area contributed by atoms with Crippen LogP contribution in [0.15, 0.2) is 41.8 Å². The quantitative estimate of drug-likeness (QED) is 0.686. The van der Waals surface area contributed by atoms with Crippen LogP contribution in [0.4, 0.5) is 10.8 Å². The number of thiazole rings is 1. The Balaban J connectivity index is 1.59. The van der Waals surface area contributed by atoms with Crippen molar-refractivity contribution >= 4 is 40.0 Å². The van der Waals surface area contributed by atoms with Gasteiger partial charge in [0.15, 0.2) is 5.13 Å². The Morgan fingerprint density at radius 1 is 1.27 bits per heavy atom. The first-order chi connectivity index (χ1) is 14.4. The van der Waals surface area contributed by atoms with E-state index in [-0.39, 0.29) is 17.4 Å². The van der Waals surface area contributed by atoms with Crippen molar-refractivity contribution < 1.29 is 14.3 Å². The number of ether oxygens (including phenoxy) is 1. The Morgan fingerprint density at radius 3 is 2.63 bits per heavy atom. The van der Waals surface area contributed by atoms with Crippen LogP contribution in [-0.4, -0.2) is 60.1 Å². The Labute approximate surface area is 181 Å². The molecule has 1 saturated heterocycles. The minimum absolute atomic E-state index is 0.117. The standard InChI is InChI=1S/C22H28N4O3S/c1-17(27)26(19-7-5-4-6-8-19)21-24-18(15-30-21)9-10-20(28)23-16-22(2,3)25-11-13-29-14-12-25/h4-10,15H,11-14,16H2,1-3H3,(H,23,28)/b10-9+. The molecule has 3 rings (SSSR count). The number of morpholine rings is 1. The zero-order valence-corrected chi connectivity index (χ0v) is 18.4. The molecule has 0 atom stereocenters. The van der Waals surface area contributed by atoms with E-state index in [0.29, 0.717) is 17.4 Å². The van der Waals surface area contributed by atoms with Crippen molar-refractivity contribution in [3.63, 3.8) is 0 Å². The number of nitrogens with zero attached hydrogens (tertiary/aromatic N) is 3. The van der Waals surface area contributed by atoms with E-state index in [1.807, 2.05) is 35.7 Å². The maximum Gasteiger partial charge on any atom is 0.244 e. The fourth-order valence-electron chi connectivity index (χ4n) is 3.26. The second-order valence-electron chi connectivity index (χ2n) is 7.71. The summed E-state index contributed by atoms with van der Waals surface area (Å²) in [6, 6.07) is 9.38. The number of anilines is 2. The summed E-state index contributed by atoms with van der Waals surface area (Å²) in [5.41, 5.74) is 1.26. The highest BCUT2D eigenvalue weighted by atomic mass is 32.1. The molecule has 1 aromatic heterocycles. The molecule has 1 aliphatic rings. The number of carbonyl (C=O) groups excluding carboxylic acids is 2. The van der Waals surface area contributed by atoms with Crippen LogP contribution in [0, 0.1) is 0 Å². The van der Waals surface area contributed by atoms with Crippen LogP contribution >= 0.6 is 11.3 Å². The average Bonchev–Trinajstić information content (AvgIpc) is 3.20. The van der Waals surface area contributed by atoms with Crippen molar-refractivity contribution in [1.29, 1.82) is 0 Å². The number of para-hydroxylation sites is 1. The molecule has 1 fully saturated rings. The van der Waals surface area contributed by atoms with Crippen LogP contribution in [0.3, 0.4) is 0 Å². The van der Waals surface area contributed by atoms with E-state index in [2.05, 4.69) is 29.0 Å². The van der Waals surface area contributed by atoms with Gasteiger partial charge in [-0.15, -0.1) is 11.3 Å². The van der Waals surface area contributed by atoms with Crippen LogP contribution in [0.25, 0.3) is 6.08 Å². The van der Waals surface area contributed by atoms with Gasteiger partial charge in [0.25, 0.3) is 0 Å². The molecule has 2 amide bonds. The van der Waals surface area contributed by atoms with E-state index < -0.39 is 0 Å². The SMILES string of the molecule is CC(=O)N(c1ccccc1)c1nc(/C=C/C(=O)NCC(C)(C)N2CCOCC2)cs1. The predicted molar refractivity (Wildman–Crippen MR) is 120 cm³/mol. The summed E-state index contributed by atoms with van der Waals surface area (Å²) in [5, 5.41) is 5.37. The van der Waals surface area contributed by atoms with Crippen molar-refractivity contribution in [2.75, 3.05) is 37.7 Å². The van der Waals surface area contributed by atoms with Crippen LogP contribution in [0.2, 0.25) is 0 Å². The Hall–Kier alpha value is -2.55. The van der Waals surface area contributed by atoms with Gasteiger partial charge in [0.2, 0.25) is 11.8 Å². The van der Waals surface area contributed by atoms with E-state index >= 15 is 0 Å². The topological polar surface area (TPSA) is 74.8 Å². The Morgan fingerprint density at radius 2 is 1.97 bits per heavy atom. The Kier molecular flexibility index (Phi) is 7.36. The van der Waals surface area contributed by atoms with Crippen LogP contribution in [-0.2, 0) is 14.3 Å². The largest absolute Gasteiger partial charge is 0.379 e. The van der Waals surface area contributed by atoms with Crippen molar-refractivity contribution in [2.24, 2.45) is 0 Å². The molecule has 0 unspecified atom stereocenters. The fourth-order valence-corrected chi connectivity index (χ4v) is 4.12. The summed E-state index contributed by atoms with van der Waals surface area (Å²) in [4.78, 5) is 32.8. The zero-order chi connectivity index (χ0) is 21.6. The molecule has 0 bridgehead atoms. The maximum atomic E-state index is 12.3. The number of rotatable bonds is 7. The van der Waals surface area contributed by atoms with Gasteiger partial charge in [-0.05, 0) is 32.1 Å². The third-order valence-corrected chi connectivity index (χ3v) is 5.84. The minimum atomic E-state index is -0.169. The first-order valence-corrected chi connectivity index (χ1v) is 10.8. The predicted octanol–water partition coefficient (Wildman–Crippen LogP) is 3.07. The molecule has 8 heteroatoms. The molecule has 1 aliphatic heterocycles. The highest BCUT2D eigenvalue weighted by Crippen LogP contribution is 2.29. The van der Waals surface area contributed by atoms with Gasteiger partial charge >= 0.3 is 0 Å². The summed E-state index contributed by atoms with van der Waals surface area (Å²) in [6.45, 7) is 9.48. The summed E-state index contributed by atoms with van der Waals surface area (Å²) < 4.78 is 5.40. The van der Waals surface area contributed by atoms with E-state index in [1.54, 1.807) is 11.0 Å². The van der Waals surface area contributed by atoms with Crippen LogP contribution in [0.1, 0.15) is 26.5 Å². The van der Waals surface area contributed by atoms with Gasteiger partial charge in [0, 0.05) is 43.6 Å². The molecular weight excluding hydrogens is 400 g/mol. The molecule has 0 saturated carbocycles. The summed E-state index contributed by atoms with van der Waals surface area (Å²) in [5.74, 6) is -0.286. The number of carbonyl (C=O) groups is 2. The summed E-state index contributed by atoms with van der Waals surface area (Å²) in [7, 11) is 0. The van der Waals surface area contributed by atoms with Crippen LogP contribution < -0.4 is 10.2 Å². The van der Waals surface area contributed by atoms with E-state index in [1.165, 1.54) is 24.3 Å². The molecular formula is C22H28N4O3S. The highest BCUT2D eigenvalue weighted by Gasteiger charge is 2.28. The number of nitrogens with one attached hydrogen (secondary N) is 1. The molecule has 0 spiro atoms. The molecule has 1 aromatic carbocycles. The third kappa shape index (κ3) is 5.75. The number of amides is 2. The number of benzene rings is 1. The minimum Gasteiger partial charge on any atom is -0.379 e. The first kappa shape index (κ1) is 22.1. The third-order valence-electron chi connectivity index (χ3n) is 5.00. The van der Waals surface area contributed by atoms with Gasteiger partial charge in [0.05, 0.1) is 24.6 Å². The van der Waals surface area contributed by atoms with Crippen molar-refractivity contribution in [3.8, 4) is 0 Å². The zero-order valence-electron chi connectivity index (χ0n) is 17.6. The normalized spacial score (nSPS) is 15.3. The molecule has 30 heavy (non-hydrogen) atoms. The van der Waals surface area contributed by atoms with Gasteiger partial charge in [-0.2, -0.15) is 0 Å². The highest BCUT2D eigenvalue weighted by molar-refractivity contribution is 7.14. The summed E-state index contributed by atoms with van der Waals surface area (Å²) >= 11 is 1.36. The second-order valence-corrected chi connectivity index (χ2v) is 8.54. The Bertz CT molecular complexity index is 889. The number of hydrogen-bond acceptors (Lipinski definition) is 6. The molecule has 1 N–H and O–H groups in total. The van der Waals surface area contributed by atoms with Gasteiger partial charge in [-0.3, -0.25) is 19.4 Å². The van der Waals surface area contributed by atoms with Crippen molar-refractivity contribution in [3.05, 3.63) is 47.5 Å². The monoisotopic (exact) mass is 428 g/mol. The smallest absolute Gasteiger partial charge is 0.244 e. The summed E-state index contributed by atoms with van der Waals surface area (Å²) in [6.07, 6.45) is 3.15. The molecule has 160 valence electrons. The molecule has 0 aliphatic carbocycles. The molecule has 0 radical (unpaired) electrons.